The van der Waals surface area contributed by atoms with Crippen LogP contribution in [-0.4, -0.2) is 16.2 Å². The predicted octanol–water partition coefficient (Wildman–Crippen LogP) is 2.31. The van der Waals surface area contributed by atoms with Crippen LogP contribution in [-0.2, 0) is 4.79 Å². The summed E-state index contributed by atoms with van der Waals surface area (Å²) in [5.74, 6) is -2.00. The molecule has 0 aliphatic carbocycles. The lowest BCUT2D eigenvalue weighted by molar-refractivity contribution is -0.147. The number of halogens is 3. The summed E-state index contributed by atoms with van der Waals surface area (Å²) in [6.45, 7) is 0. The number of rotatable bonds is 2. The zero-order valence-corrected chi connectivity index (χ0v) is 10.4. The van der Waals surface area contributed by atoms with Gasteiger partial charge in [-0.15, -0.1) is 0 Å². The van der Waals surface area contributed by atoms with Gasteiger partial charge in [-0.1, -0.05) is 0 Å². The Kier molecular flexibility index (Phi) is 3.85. The van der Waals surface area contributed by atoms with E-state index in [0.29, 0.717) is 3.57 Å². The minimum absolute atomic E-state index is 0.0145. The van der Waals surface area contributed by atoms with E-state index in [4.69, 9.17) is 5.11 Å². The van der Waals surface area contributed by atoms with Crippen molar-refractivity contribution in [3.8, 4) is 0 Å². The van der Waals surface area contributed by atoms with Crippen LogP contribution in [0.4, 0.5) is 4.39 Å². The first kappa shape index (κ1) is 11.9. The lowest BCUT2D eigenvalue weighted by Crippen LogP contribution is -2.13. The van der Waals surface area contributed by atoms with Crippen LogP contribution in [0.3, 0.4) is 0 Å². The van der Waals surface area contributed by atoms with E-state index in [1.165, 1.54) is 12.1 Å². The normalized spacial score (nSPS) is 12.6. The SMILES string of the molecule is O=C(O)C(O)c1c(I)ccc(F)c1Br. The molecule has 1 aromatic carbocycles. The highest BCUT2D eigenvalue weighted by Crippen LogP contribution is 2.30. The van der Waals surface area contributed by atoms with Gasteiger partial charge in [-0.05, 0) is 50.7 Å². The first-order valence-electron chi connectivity index (χ1n) is 3.49. The van der Waals surface area contributed by atoms with E-state index in [2.05, 4.69) is 15.9 Å². The van der Waals surface area contributed by atoms with E-state index < -0.39 is 17.9 Å². The third-order valence-corrected chi connectivity index (χ3v) is 3.33. The highest BCUT2D eigenvalue weighted by atomic mass is 127. The fraction of sp³-hybridized carbons (Fsp3) is 0.125. The number of carboxylic acids is 1. The maximum atomic E-state index is 13.0. The van der Waals surface area contributed by atoms with E-state index in [-0.39, 0.29) is 10.0 Å². The van der Waals surface area contributed by atoms with Crippen molar-refractivity contribution in [2.24, 2.45) is 0 Å². The molecule has 14 heavy (non-hydrogen) atoms. The van der Waals surface area contributed by atoms with Gasteiger partial charge in [0.05, 0.1) is 4.47 Å². The molecular weight excluding hydrogens is 370 g/mol. The Hall–Kier alpha value is -0.210. The first-order chi connectivity index (χ1) is 6.45. The molecule has 0 heterocycles. The number of aliphatic hydroxyl groups excluding tert-OH is 1. The fourth-order valence-corrected chi connectivity index (χ4v) is 2.59. The molecule has 0 aliphatic rings. The minimum Gasteiger partial charge on any atom is -0.479 e. The molecule has 0 saturated carbocycles. The Balaban J connectivity index is 3.32. The van der Waals surface area contributed by atoms with Crippen LogP contribution in [0.5, 0.6) is 0 Å². The van der Waals surface area contributed by atoms with E-state index >= 15 is 0 Å². The van der Waals surface area contributed by atoms with Gasteiger partial charge in [0.1, 0.15) is 5.82 Å². The maximum absolute atomic E-state index is 13.0. The van der Waals surface area contributed by atoms with Gasteiger partial charge in [0.2, 0.25) is 0 Å². The number of benzene rings is 1. The van der Waals surface area contributed by atoms with E-state index in [0.717, 1.165) is 0 Å². The standard InChI is InChI=1S/C8H5BrFIO3/c9-6-3(10)1-2-4(11)5(6)7(12)8(13)14/h1-2,7,12H,(H,13,14). The second kappa shape index (κ2) is 4.54. The van der Waals surface area contributed by atoms with Crippen LogP contribution < -0.4 is 0 Å². The van der Waals surface area contributed by atoms with Gasteiger partial charge < -0.3 is 10.2 Å². The van der Waals surface area contributed by atoms with Crippen molar-refractivity contribution < 1.29 is 19.4 Å². The average molecular weight is 375 g/mol. The quantitative estimate of drug-likeness (QED) is 0.617. The molecule has 0 fully saturated rings. The first-order valence-corrected chi connectivity index (χ1v) is 5.36. The third kappa shape index (κ3) is 2.23. The number of aliphatic carboxylic acids is 1. The number of hydrogen-bond donors (Lipinski definition) is 2. The lowest BCUT2D eigenvalue weighted by atomic mass is 10.1. The summed E-state index contributed by atoms with van der Waals surface area (Å²) in [4.78, 5) is 10.5. The van der Waals surface area contributed by atoms with Gasteiger partial charge in [0.25, 0.3) is 0 Å². The van der Waals surface area contributed by atoms with Crippen molar-refractivity contribution in [2.75, 3.05) is 0 Å². The van der Waals surface area contributed by atoms with Crippen molar-refractivity contribution in [3.63, 3.8) is 0 Å². The molecule has 0 saturated heterocycles. The summed E-state index contributed by atoms with van der Waals surface area (Å²) < 4.78 is 13.5. The van der Waals surface area contributed by atoms with Crippen molar-refractivity contribution in [1.82, 2.24) is 0 Å². The largest absolute Gasteiger partial charge is 0.479 e. The molecule has 0 aromatic heterocycles. The second-order valence-corrected chi connectivity index (χ2v) is 4.45. The van der Waals surface area contributed by atoms with E-state index in [1.807, 2.05) is 22.6 Å². The molecule has 1 aromatic rings. The Morgan fingerprint density at radius 1 is 1.57 bits per heavy atom. The molecule has 0 spiro atoms. The maximum Gasteiger partial charge on any atom is 0.337 e. The Morgan fingerprint density at radius 3 is 2.64 bits per heavy atom. The highest BCUT2D eigenvalue weighted by Gasteiger charge is 2.23. The van der Waals surface area contributed by atoms with Gasteiger partial charge in [-0.2, -0.15) is 0 Å². The molecule has 0 aliphatic heterocycles. The van der Waals surface area contributed by atoms with Gasteiger partial charge in [0.15, 0.2) is 6.10 Å². The number of aliphatic hydroxyl groups is 1. The van der Waals surface area contributed by atoms with Gasteiger partial charge in [-0.3, -0.25) is 0 Å². The van der Waals surface area contributed by atoms with Gasteiger partial charge >= 0.3 is 5.97 Å². The molecule has 1 atom stereocenters. The molecular formula is C8H5BrFIO3. The summed E-state index contributed by atoms with van der Waals surface area (Å²) in [6, 6.07) is 2.60. The molecule has 1 rings (SSSR count). The van der Waals surface area contributed by atoms with Crippen LogP contribution >= 0.6 is 38.5 Å². The molecule has 3 nitrogen and oxygen atoms in total. The minimum atomic E-state index is -1.72. The zero-order chi connectivity index (χ0) is 10.9. The van der Waals surface area contributed by atoms with Gasteiger partial charge in [-0.25, -0.2) is 9.18 Å². The molecule has 2 N–H and O–H groups in total. The molecule has 1 unspecified atom stereocenters. The molecule has 6 heteroatoms. The summed E-state index contributed by atoms with van der Waals surface area (Å²) in [7, 11) is 0. The predicted molar refractivity (Wildman–Crippen MR) is 59.4 cm³/mol. The third-order valence-electron chi connectivity index (χ3n) is 1.59. The van der Waals surface area contributed by atoms with Crippen LogP contribution in [0.15, 0.2) is 16.6 Å². The smallest absolute Gasteiger partial charge is 0.337 e. The van der Waals surface area contributed by atoms with Crippen molar-refractivity contribution in [1.29, 1.82) is 0 Å². The van der Waals surface area contributed by atoms with Gasteiger partial charge in [0, 0.05) is 9.13 Å². The monoisotopic (exact) mass is 374 g/mol. The second-order valence-electron chi connectivity index (χ2n) is 2.50. The Labute approximate surface area is 101 Å². The Morgan fingerprint density at radius 2 is 2.14 bits per heavy atom. The summed E-state index contributed by atoms with van der Waals surface area (Å²) in [5, 5.41) is 17.9. The molecule has 0 radical (unpaired) electrons. The summed E-state index contributed by atoms with van der Waals surface area (Å²) in [6.07, 6.45) is -1.72. The van der Waals surface area contributed by atoms with Crippen LogP contribution in [0, 0.1) is 9.39 Å². The van der Waals surface area contributed by atoms with Crippen molar-refractivity contribution in [3.05, 3.63) is 31.6 Å². The topological polar surface area (TPSA) is 57.5 Å². The Bertz CT molecular complexity index is 383. The number of hydrogen-bond acceptors (Lipinski definition) is 2. The lowest BCUT2D eigenvalue weighted by Gasteiger charge is -2.10. The van der Waals surface area contributed by atoms with E-state index in [1.54, 1.807) is 0 Å². The molecule has 76 valence electrons. The van der Waals surface area contributed by atoms with Crippen LogP contribution in [0.2, 0.25) is 0 Å². The number of carboxylic acid groups (broad SMARTS) is 1. The molecule has 0 amide bonds. The molecule has 0 bridgehead atoms. The highest BCUT2D eigenvalue weighted by molar-refractivity contribution is 14.1. The zero-order valence-electron chi connectivity index (χ0n) is 6.67. The summed E-state index contributed by atoms with van der Waals surface area (Å²) in [5.41, 5.74) is 0.0399. The van der Waals surface area contributed by atoms with Crippen molar-refractivity contribution >= 4 is 44.5 Å². The van der Waals surface area contributed by atoms with Crippen molar-refractivity contribution in [2.45, 2.75) is 6.10 Å². The fourth-order valence-electron chi connectivity index (χ4n) is 0.917. The van der Waals surface area contributed by atoms with Crippen LogP contribution in [0.25, 0.3) is 0 Å². The number of carbonyl (C=O) groups is 1. The summed E-state index contributed by atoms with van der Waals surface area (Å²) >= 11 is 4.73. The van der Waals surface area contributed by atoms with E-state index in [9.17, 15) is 14.3 Å². The average Bonchev–Trinajstić information content (AvgIpc) is 2.12. The van der Waals surface area contributed by atoms with Crippen LogP contribution in [0.1, 0.15) is 11.7 Å².